The van der Waals surface area contributed by atoms with Crippen LogP contribution in [-0.2, 0) is 4.79 Å². The highest BCUT2D eigenvalue weighted by molar-refractivity contribution is 6.00. The van der Waals surface area contributed by atoms with Crippen molar-refractivity contribution < 1.29 is 14.7 Å². The lowest BCUT2D eigenvalue weighted by Crippen LogP contribution is -2.37. The highest BCUT2D eigenvalue weighted by Gasteiger charge is 2.19. The number of nitrogens with one attached hydrogen (secondary N) is 1. The third kappa shape index (κ3) is 4.67. The fourth-order valence-corrected chi connectivity index (χ4v) is 1.72. The molecular weight excluding hydrogens is 230 g/mol. The van der Waals surface area contributed by atoms with Crippen LogP contribution in [0.2, 0.25) is 0 Å². The standard InChI is InChI=1S/C14H19NO3/c1-2-10-15-12(8-9-13(16)17)14(18)11-6-4-3-5-7-11/h3-7,12,15H,2,8-10H2,1H3,(H,16,17). The summed E-state index contributed by atoms with van der Waals surface area (Å²) in [6.07, 6.45) is 1.23. The number of hydrogen-bond donors (Lipinski definition) is 2. The van der Waals surface area contributed by atoms with Crippen molar-refractivity contribution in [2.24, 2.45) is 0 Å². The number of carbonyl (C=O) groups excluding carboxylic acids is 1. The number of aliphatic carboxylic acids is 1. The molecular formula is C14H19NO3. The van der Waals surface area contributed by atoms with E-state index in [2.05, 4.69) is 5.32 Å². The van der Waals surface area contributed by atoms with E-state index in [0.29, 0.717) is 18.5 Å². The quantitative estimate of drug-likeness (QED) is 0.692. The Bertz CT molecular complexity index is 389. The van der Waals surface area contributed by atoms with Crippen LogP contribution in [-0.4, -0.2) is 29.4 Å². The van der Waals surface area contributed by atoms with Gasteiger partial charge in [-0.05, 0) is 19.4 Å². The summed E-state index contributed by atoms with van der Waals surface area (Å²) in [7, 11) is 0. The van der Waals surface area contributed by atoms with E-state index in [1.165, 1.54) is 0 Å². The smallest absolute Gasteiger partial charge is 0.303 e. The Labute approximate surface area is 107 Å². The average Bonchev–Trinajstić information content (AvgIpc) is 2.39. The van der Waals surface area contributed by atoms with Crippen molar-refractivity contribution in [3.05, 3.63) is 35.9 Å². The van der Waals surface area contributed by atoms with Gasteiger partial charge in [0.25, 0.3) is 0 Å². The minimum Gasteiger partial charge on any atom is -0.481 e. The first kappa shape index (κ1) is 14.4. The molecule has 0 spiro atoms. The molecule has 1 aromatic rings. The fraction of sp³-hybridized carbons (Fsp3) is 0.429. The molecule has 1 rings (SSSR count). The molecule has 0 saturated heterocycles. The maximum absolute atomic E-state index is 12.2. The van der Waals surface area contributed by atoms with Gasteiger partial charge in [0.1, 0.15) is 0 Å². The Morgan fingerprint density at radius 2 is 1.94 bits per heavy atom. The van der Waals surface area contributed by atoms with Gasteiger partial charge in [0, 0.05) is 12.0 Å². The van der Waals surface area contributed by atoms with Gasteiger partial charge in [-0.25, -0.2) is 0 Å². The Morgan fingerprint density at radius 1 is 1.28 bits per heavy atom. The van der Waals surface area contributed by atoms with E-state index < -0.39 is 12.0 Å². The van der Waals surface area contributed by atoms with Gasteiger partial charge in [-0.15, -0.1) is 0 Å². The molecule has 1 aromatic carbocycles. The highest BCUT2D eigenvalue weighted by Crippen LogP contribution is 2.08. The number of Topliss-reactive ketones (excluding diaryl/α,β-unsaturated/α-hetero) is 1. The largest absolute Gasteiger partial charge is 0.481 e. The van der Waals surface area contributed by atoms with Crippen LogP contribution < -0.4 is 5.32 Å². The first-order valence-electron chi connectivity index (χ1n) is 6.19. The number of carboxylic acid groups (broad SMARTS) is 1. The summed E-state index contributed by atoms with van der Waals surface area (Å²) in [5, 5.41) is 11.8. The van der Waals surface area contributed by atoms with Crippen LogP contribution in [0.3, 0.4) is 0 Å². The molecule has 0 fully saturated rings. The Balaban J connectivity index is 2.69. The fourth-order valence-electron chi connectivity index (χ4n) is 1.72. The molecule has 0 amide bonds. The van der Waals surface area contributed by atoms with Crippen LogP contribution >= 0.6 is 0 Å². The number of rotatable bonds is 8. The first-order valence-corrected chi connectivity index (χ1v) is 6.19. The second kappa shape index (κ2) is 7.61. The number of hydrogen-bond acceptors (Lipinski definition) is 3. The van der Waals surface area contributed by atoms with Crippen molar-refractivity contribution in [1.82, 2.24) is 5.32 Å². The van der Waals surface area contributed by atoms with Gasteiger partial charge >= 0.3 is 5.97 Å². The zero-order chi connectivity index (χ0) is 13.4. The zero-order valence-corrected chi connectivity index (χ0v) is 10.6. The van der Waals surface area contributed by atoms with Gasteiger partial charge in [0.2, 0.25) is 0 Å². The molecule has 0 aliphatic carbocycles. The topological polar surface area (TPSA) is 66.4 Å². The number of carbonyl (C=O) groups is 2. The van der Waals surface area contributed by atoms with Gasteiger partial charge in [0.05, 0.1) is 6.04 Å². The Kier molecular flexibility index (Phi) is 6.08. The van der Waals surface area contributed by atoms with Crippen LogP contribution in [0.5, 0.6) is 0 Å². The summed E-state index contributed by atoms with van der Waals surface area (Å²) in [4.78, 5) is 22.8. The van der Waals surface area contributed by atoms with Crippen molar-refractivity contribution >= 4 is 11.8 Å². The van der Waals surface area contributed by atoms with Gasteiger partial charge in [-0.2, -0.15) is 0 Å². The van der Waals surface area contributed by atoms with Gasteiger partial charge in [0.15, 0.2) is 5.78 Å². The summed E-state index contributed by atoms with van der Waals surface area (Å²) in [6.45, 7) is 2.72. The van der Waals surface area contributed by atoms with E-state index in [4.69, 9.17) is 5.11 Å². The van der Waals surface area contributed by atoms with Crippen molar-refractivity contribution in [2.45, 2.75) is 32.2 Å². The molecule has 0 saturated carbocycles. The van der Waals surface area contributed by atoms with Gasteiger partial charge in [-0.3, -0.25) is 9.59 Å². The maximum atomic E-state index is 12.2. The second-order valence-corrected chi connectivity index (χ2v) is 4.17. The number of ketones is 1. The minimum absolute atomic E-state index is 0.0000451. The van der Waals surface area contributed by atoms with Crippen LogP contribution in [0, 0.1) is 0 Å². The van der Waals surface area contributed by atoms with Gasteiger partial charge in [-0.1, -0.05) is 37.3 Å². The molecule has 0 bridgehead atoms. The molecule has 4 heteroatoms. The van der Waals surface area contributed by atoms with Crippen LogP contribution in [0.25, 0.3) is 0 Å². The third-order valence-corrected chi connectivity index (χ3v) is 2.66. The molecule has 0 aromatic heterocycles. The monoisotopic (exact) mass is 249 g/mol. The summed E-state index contributed by atoms with van der Waals surface area (Å²) < 4.78 is 0. The summed E-state index contributed by atoms with van der Waals surface area (Å²) in [5.74, 6) is -0.913. The molecule has 0 radical (unpaired) electrons. The number of benzene rings is 1. The zero-order valence-electron chi connectivity index (χ0n) is 10.6. The van der Waals surface area contributed by atoms with Crippen molar-refractivity contribution in [2.75, 3.05) is 6.54 Å². The van der Waals surface area contributed by atoms with Crippen LogP contribution in [0.4, 0.5) is 0 Å². The molecule has 0 heterocycles. The Morgan fingerprint density at radius 3 is 2.50 bits per heavy atom. The molecule has 1 unspecified atom stereocenters. The van der Waals surface area contributed by atoms with Crippen LogP contribution in [0.1, 0.15) is 36.5 Å². The Hall–Kier alpha value is -1.68. The van der Waals surface area contributed by atoms with E-state index in [1.807, 2.05) is 13.0 Å². The first-order chi connectivity index (χ1) is 8.65. The van der Waals surface area contributed by atoms with E-state index in [9.17, 15) is 9.59 Å². The molecule has 0 aliphatic heterocycles. The van der Waals surface area contributed by atoms with Gasteiger partial charge < -0.3 is 10.4 Å². The normalized spacial score (nSPS) is 12.1. The molecule has 2 N–H and O–H groups in total. The predicted molar refractivity (Wildman–Crippen MR) is 69.7 cm³/mol. The number of carboxylic acids is 1. The third-order valence-electron chi connectivity index (χ3n) is 2.66. The summed E-state index contributed by atoms with van der Waals surface area (Å²) in [6, 6.07) is 8.56. The SMILES string of the molecule is CCCNC(CCC(=O)O)C(=O)c1ccccc1. The van der Waals surface area contributed by atoms with E-state index in [-0.39, 0.29) is 12.2 Å². The molecule has 4 nitrogen and oxygen atoms in total. The lowest BCUT2D eigenvalue weighted by Gasteiger charge is -2.16. The van der Waals surface area contributed by atoms with E-state index in [1.54, 1.807) is 24.3 Å². The van der Waals surface area contributed by atoms with E-state index in [0.717, 1.165) is 6.42 Å². The van der Waals surface area contributed by atoms with Crippen molar-refractivity contribution in [1.29, 1.82) is 0 Å². The molecule has 98 valence electrons. The molecule has 0 aliphatic rings. The second-order valence-electron chi connectivity index (χ2n) is 4.17. The van der Waals surface area contributed by atoms with Crippen molar-refractivity contribution in [3.63, 3.8) is 0 Å². The molecule has 18 heavy (non-hydrogen) atoms. The minimum atomic E-state index is -0.876. The van der Waals surface area contributed by atoms with E-state index >= 15 is 0 Å². The maximum Gasteiger partial charge on any atom is 0.303 e. The lowest BCUT2D eigenvalue weighted by atomic mass is 10.00. The summed E-state index contributed by atoms with van der Waals surface area (Å²) >= 11 is 0. The average molecular weight is 249 g/mol. The predicted octanol–water partition coefficient (Wildman–Crippen LogP) is 2.10. The molecule has 1 atom stereocenters. The van der Waals surface area contributed by atoms with Crippen molar-refractivity contribution in [3.8, 4) is 0 Å². The summed E-state index contributed by atoms with van der Waals surface area (Å²) in [5.41, 5.74) is 0.622. The lowest BCUT2D eigenvalue weighted by molar-refractivity contribution is -0.137. The highest BCUT2D eigenvalue weighted by atomic mass is 16.4. The van der Waals surface area contributed by atoms with Crippen LogP contribution in [0.15, 0.2) is 30.3 Å².